The van der Waals surface area contributed by atoms with Gasteiger partial charge in [0.1, 0.15) is 0 Å². The first kappa shape index (κ1) is 15.2. The zero-order chi connectivity index (χ0) is 15.4. The quantitative estimate of drug-likeness (QED) is 0.849. The van der Waals surface area contributed by atoms with E-state index in [4.69, 9.17) is 5.11 Å². The molecule has 0 aliphatic heterocycles. The number of amides is 1. The second kappa shape index (κ2) is 6.49. The number of hydrogen-bond donors (Lipinski definition) is 2. The summed E-state index contributed by atoms with van der Waals surface area (Å²) in [6, 6.07) is 5.52. The van der Waals surface area contributed by atoms with E-state index in [1.807, 2.05) is 19.1 Å². The number of benzene rings is 1. The standard InChI is InChI=1S/C13H13BrN4O3/c1-8-2-3-10(14)9(6-8)12(19)15-4-5-18-7-11(13(20)21)16-17-18/h2-3,6-7H,4-5H2,1H3,(H,15,19)(H,20,21). The lowest BCUT2D eigenvalue weighted by Crippen LogP contribution is -2.27. The summed E-state index contributed by atoms with van der Waals surface area (Å²) in [6.07, 6.45) is 1.32. The van der Waals surface area contributed by atoms with Crippen molar-refractivity contribution in [3.8, 4) is 0 Å². The van der Waals surface area contributed by atoms with Crippen LogP contribution in [0.2, 0.25) is 0 Å². The molecule has 8 heteroatoms. The first-order chi connectivity index (χ1) is 9.97. The van der Waals surface area contributed by atoms with Gasteiger partial charge in [0.2, 0.25) is 0 Å². The molecule has 0 saturated heterocycles. The summed E-state index contributed by atoms with van der Waals surface area (Å²) < 4.78 is 2.09. The van der Waals surface area contributed by atoms with Crippen molar-refractivity contribution in [2.75, 3.05) is 6.54 Å². The van der Waals surface area contributed by atoms with E-state index in [2.05, 4.69) is 31.6 Å². The Labute approximate surface area is 129 Å². The van der Waals surface area contributed by atoms with Crippen molar-refractivity contribution in [1.29, 1.82) is 0 Å². The Bertz CT molecular complexity index is 684. The van der Waals surface area contributed by atoms with Crippen LogP contribution < -0.4 is 5.32 Å². The number of aromatic carboxylic acids is 1. The van der Waals surface area contributed by atoms with E-state index < -0.39 is 5.97 Å². The summed E-state index contributed by atoms with van der Waals surface area (Å²) in [5.74, 6) is -1.34. The number of hydrogen-bond acceptors (Lipinski definition) is 4. The molecule has 0 bridgehead atoms. The van der Waals surface area contributed by atoms with Gasteiger partial charge in [-0.2, -0.15) is 0 Å². The molecule has 2 aromatic rings. The molecule has 2 rings (SSSR count). The predicted molar refractivity (Wildman–Crippen MR) is 78.2 cm³/mol. The molecular weight excluding hydrogens is 340 g/mol. The molecule has 0 atom stereocenters. The van der Waals surface area contributed by atoms with E-state index in [1.54, 1.807) is 6.07 Å². The molecule has 0 radical (unpaired) electrons. The number of carbonyl (C=O) groups excluding carboxylic acids is 1. The van der Waals surface area contributed by atoms with Gasteiger partial charge in [0.25, 0.3) is 5.91 Å². The van der Waals surface area contributed by atoms with Crippen molar-refractivity contribution in [2.45, 2.75) is 13.5 Å². The molecule has 1 aromatic carbocycles. The number of carboxylic acids is 1. The van der Waals surface area contributed by atoms with Crippen LogP contribution in [0, 0.1) is 6.92 Å². The summed E-state index contributed by atoms with van der Waals surface area (Å²) in [7, 11) is 0. The largest absolute Gasteiger partial charge is 0.476 e. The maximum atomic E-state index is 12.0. The number of aryl methyl sites for hydroxylation is 1. The highest BCUT2D eigenvalue weighted by Crippen LogP contribution is 2.17. The van der Waals surface area contributed by atoms with E-state index in [0.717, 1.165) is 10.0 Å². The van der Waals surface area contributed by atoms with Crippen LogP contribution in [0.1, 0.15) is 26.4 Å². The molecule has 0 spiro atoms. The third kappa shape index (κ3) is 3.88. The van der Waals surface area contributed by atoms with Crippen molar-refractivity contribution in [3.63, 3.8) is 0 Å². The highest BCUT2D eigenvalue weighted by atomic mass is 79.9. The molecule has 0 aliphatic carbocycles. The van der Waals surface area contributed by atoms with Gasteiger partial charge in [-0.3, -0.25) is 4.79 Å². The minimum Gasteiger partial charge on any atom is -0.476 e. The van der Waals surface area contributed by atoms with Gasteiger partial charge < -0.3 is 10.4 Å². The smallest absolute Gasteiger partial charge is 0.358 e. The fraction of sp³-hybridized carbons (Fsp3) is 0.231. The molecule has 7 nitrogen and oxygen atoms in total. The Balaban J connectivity index is 1.92. The molecular formula is C13H13BrN4O3. The summed E-state index contributed by atoms with van der Waals surface area (Å²) in [5.41, 5.74) is 1.42. The van der Waals surface area contributed by atoms with E-state index in [1.165, 1.54) is 10.9 Å². The van der Waals surface area contributed by atoms with Crippen LogP contribution in [-0.4, -0.2) is 38.5 Å². The first-order valence-electron chi connectivity index (χ1n) is 6.15. The first-order valence-corrected chi connectivity index (χ1v) is 6.94. The molecule has 2 N–H and O–H groups in total. The highest BCUT2D eigenvalue weighted by molar-refractivity contribution is 9.10. The van der Waals surface area contributed by atoms with Crippen LogP contribution in [0.15, 0.2) is 28.9 Å². The van der Waals surface area contributed by atoms with Crippen LogP contribution in [0.5, 0.6) is 0 Å². The fourth-order valence-corrected chi connectivity index (χ4v) is 2.12. The molecule has 0 aliphatic rings. The van der Waals surface area contributed by atoms with Gasteiger partial charge in [0, 0.05) is 11.0 Å². The summed E-state index contributed by atoms with van der Waals surface area (Å²) in [5, 5.41) is 18.6. The van der Waals surface area contributed by atoms with Crippen molar-refractivity contribution < 1.29 is 14.7 Å². The van der Waals surface area contributed by atoms with E-state index in [9.17, 15) is 9.59 Å². The van der Waals surface area contributed by atoms with Gasteiger partial charge in [0.15, 0.2) is 5.69 Å². The number of carbonyl (C=O) groups is 2. The molecule has 110 valence electrons. The zero-order valence-electron chi connectivity index (χ0n) is 11.2. The lowest BCUT2D eigenvalue weighted by molar-refractivity contribution is 0.0690. The average molecular weight is 353 g/mol. The molecule has 1 aromatic heterocycles. The van der Waals surface area contributed by atoms with Crippen LogP contribution in [0.25, 0.3) is 0 Å². The topological polar surface area (TPSA) is 97.1 Å². The fourth-order valence-electron chi connectivity index (χ4n) is 1.70. The van der Waals surface area contributed by atoms with Crippen LogP contribution in [0.4, 0.5) is 0 Å². The lowest BCUT2D eigenvalue weighted by Gasteiger charge is -2.07. The minimum absolute atomic E-state index is 0.122. The summed E-state index contributed by atoms with van der Waals surface area (Å²) in [6.45, 7) is 2.57. The van der Waals surface area contributed by atoms with Gasteiger partial charge >= 0.3 is 5.97 Å². The number of halogens is 1. The number of nitrogens with one attached hydrogen (secondary N) is 1. The zero-order valence-corrected chi connectivity index (χ0v) is 12.8. The Kier molecular flexibility index (Phi) is 4.69. The van der Waals surface area contributed by atoms with Crippen molar-refractivity contribution in [3.05, 3.63) is 45.7 Å². The molecule has 0 fully saturated rings. The Morgan fingerprint density at radius 3 is 2.86 bits per heavy atom. The van der Waals surface area contributed by atoms with Crippen molar-refractivity contribution in [2.24, 2.45) is 0 Å². The third-order valence-electron chi connectivity index (χ3n) is 2.75. The maximum absolute atomic E-state index is 12.0. The number of carboxylic acid groups (broad SMARTS) is 1. The van der Waals surface area contributed by atoms with Crippen molar-refractivity contribution >= 4 is 27.8 Å². The highest BCUT2D eigenvalue weighted by Gasteiger charge is 2.11. The van der Waals surface area contributed by atoms with Crippen LogP contribution >= 0.6 is 15.9 Å². The normalized spacial score (nSPS) is 10.4. The summed E-state index contributed by atoms with van der Waals surface area (Å²) in [4.78, 5) is 22.7. The molecule has 1 amide bonds. The monoisotopic (exact) mass is 352 g/mol. The minimum atomic E-state index is -1.13. The molecule has 1 heterocycles. The van der Waals surface area contributed by atoms with Gasteiger partial charge in [-0.25, -0.2) is 9.48 Å². The third-order valence-corrected chi connectivity index (χ3v) is 3.44. The van der Waals surface area contributed by atoms with Crippen LogP contribution in [0.3, 0.4) is 0 Å². The average Bonchev–Trinajstić information content (AvgIpc) is 2.90. The van der Waals surface area contributed by atoms with Crippen LogP contribution in [-0.2, 0) is 6.54 Å². The SMILES string of the molecule is Cc1ccc(Br)c(C(=O)NCCn2cc(C(=O)O)nn2)c1. The Morgan fingerprint density at radius 2 is 2.19 bits per heavy atom. The van der Waals surface area contributed by atoms with E-state index in [0.29, 0.717) is 18.7 Å². The second-order valence-electron chi connectivity index (χ2n) is 4.41. The predicted octanol–water partition coefficient (Wildman–Crippen LogP) is 1.48. The second-order valence-corrected chi connectivity index (χ2v) is 5.27. The van der Waals surface area contributed by atoms with E-state index >= 15 is 0 Å². The maximum Gasteiger partial charge on any atom is 0.358 e. The number of rotatable bonds is 5. The number of nitrogens with zero attached hydrogens (tertiary/aromatic N) is 3. The van der Waals surface area contributed by atoms with Gasteiger partial charge in [0.05, 0.1) is 18.3 Å². The van der Waals surface area contributed by atoms with Gasteiger partial charge in [-0.15, -0.1) is 5.10 Å². The lowest BCUT2D eigenvalue weighted by atomic mass is 10.1. The number of aromatic nitrogens is 3. The molecule has 21 heavy (non-hydrogen) atoms. The van der Waals surface area contributed by atoms with Gasteiger partial charge in [-0.1, -0.05) is 16.8 Å². The molecule has 0 saturated carbocycles. The van der Waals surface area contributed by atoms with Gasteiger partial charge in [-0.05, 0) is 35.0 Å². The van der Waals surface area contributed by atoms with E-state index in [-0.39, 0.29) is 11.6 Å². The Morgan fingerprint density at radius 1 is 1.43 bits per heavy atom. The van der Waals surface area contributed by atoms with Crippen molar-refractivity contribution in [1.82, 2.24) is 20.3 Å². The molecule has 0 unspecified atom stereocenters. The Hall–Kier alpha value is -2.22. The summed E-state index contributed by atoms with van der Waals surface area (Å²) >= 11 is 3.33.